The molecule has 0 bridgehead atoms. The molecular formula is C18H18N2O4. The molecule has 6 nitrogen and oxygen atoms in total. The Morgan fingerprint density at radius 1 is 1.21 bits per heavy atom. The van der Waals surface area contributed by atoms with E-state index in [9.17, 15) is 14.7 Å². The quantitative estimate of drug-likeness (QED) is 0.934. The van der Waals surface area contributed by atoms with E-state index in [0.717, 1.165) is 0 Å². The van der Waals surface area contributed by atoms with Crippen molar-refractivity contribution < 1.29 is 19.4 Å². The van der Waals surface area contributed by atoms with Crippen LogP contribution in [0.4, 0.5) is 0 Å². The molecule has 1 amide bonds. The molecule has 1 saturated heterocycles. The van der Waals surface area contributed by atoms with Crippen LogP contribution >= 0.6 is 0 Å². The van der Waals surface area contributed by atoms with E-state index in [-0.39, 0.29) is 12.5 Å². The van der Waals surface area contributed by atoms with E-state index in [1.165, 1.54) is 0 Å². The van der Waals surface area contributed by atoms with Gasteiger partial charge in [0, 0.05) is 31.0 Å². The van der Waals surface area contributed by atoms with Gasteiger partial charge in [0.1, 0.15) is 11.5 Å². The lowest BCUT2D eigenvalue weighted by Crippen LogP contribution is -2.34. The number of nitrogens with zero attached hydrogens (tertiary/aromatic N) is 2. The van der Waals surface area contributed by atoms with Gasteiger partial charge in [0.15, 0.2) is 0 Å². The molecule has 3 rings (SSSR count). The molecule has 6 heteroatoms. The summed E-state index contributed by atoms with van der Waals surface area (Å²) in [4.78, 5) is 29.5. The van der Waals surface area contributed by atoms with Gasteiger partial charge >= 0.3 is 5.97 Å². The maximum Gasteiger partial charge on any atom is 0.311 e. The summed E-state index contributed by atoms with van der Waals surface area (Å²) in [7, 11) is 0. The van der Waals surface area contributed by atoms with Gasteiger partial charge < -0.3 is 14.7 Å². The fourth-order valence-corrected chi connectivity index (χ4v) is 2.73. The van der Waals surface area contributed by atoms with Gasteiger partial charge in [-0.1, -0.05) is 6.07 Å². The summed E-state index contributed by atoms with van der Waals surface area (Å²) >= 11 is 0. The number of pyridine rings is 1. The molecule has 0 saturated carbocycles. The number of carbonyl (C=O) groups is 2. The molecule has 1 aliphatic heterocycles. The Hall–Kier alpha value is -2.89. The van der Waals surface area contributed by atoms with E-state index in [2.05, 4.69) is 4.98 Å². The molecule has 2 heterocycles. The molecule has 1 fully saturated rings. The smallest absolute Gasteiger partial charge is 0.311 e. The van der Waals surface area contributed by atoms with Crippen molar-refractivity contribution in [2.75, 3.05) is 13.1 Å². The van der Waals surface area contributed by atoms with E-state index < -0.39 is 11.4 Å². The lowest BCUT2D eigenvalue weighted by Gasteiger charge is -2.20. The standard InChI is InChI=1S/C18H18N2O4/c1-18(17(22)23)7-10-20(12-18)16(21)13-3-2-4-15(11-13)24-14-5-8-19-9-6-14/h2-6,8-9,11H,7,10,12H2,1H3,(H,22,23). The maximum absolute atomic E-state index is 12.6. The molecule has 1 unspecified atom stereocenters. The SMILES string of the molecule is CC1(C(=O)O)CCN(C(=O)c2cccc(Oc3ccncc3)c2)C1. The fraction of sp³-hybridized carbons (Fsp3) is 0.278. The maximum atomic E-state index is 12.6. The zero-order chi connectivity index (χ0) is 17.2. The first-order valence-corrected chi connectivity index (χ1v) is 7.69. The lowest BCUT2D eigenvalue weighted by atomic mass is 9.90. The lowest BCUT2D eigenvalue weighted by molar-refractivity contribution is -0.147. The number of hydrogen-bond donors (Lipinski definition) is 1. The topological polar surface area (TPSA) is 79.7 Å². The molecule has 0 aliphatic carbocycles. The van der Waals surface area contributed by atoms with Crippen LogP contribution < -0.4 is 4.74 Å². The van der Waals surface area contributed by atoms with Crippen LogP contribution in [0.2, 0.25) is 0 Å². The summed E-state index contributed by atoms with van der Waals surface area (Å²) < 4.78 is 5.71. The number of hydrogen-bond acceptors (Lipinski definition) is 4. The second-order valence-electron chi connectivity index (χ2n) is 6.16. The molecular weight excluding hydrogens is 308 g/mol. The number of benzene rings is 1. The number of rotatable bonds is 4. The number of ether oxygens (including phenoxy) is 1. The minimum atomic E-state index is -0.874. The number of likely N-dealkylation sites (tertiary alicyclic amines) is 1. The van der Waals surface area contributed by atoms with Gasteiger partial charge in [-0.2, -0.15) is 0 Å². The van der Waals surface area contributed by atoms with Crippen LogP contribution in [0, 0.1) is 5.41 Å². The van der Waals surface area contributed by atoms with Crippen LogP contribution in [0.25, 0.3) is 0 Å². The van der Waals surface area contributed by atoms with Gasteiger partial charge in [0.25, 0.3) is 5.91 Å². The first-order valence-electron chi connectivity index (χ1n) is 7.69. The third kappa shape index (κ3) is 3.22. The molecule has 2 aromatic rings. The van der Waals surface area contributed by atoms with Crippen molar-refractivity contribution in [2.24, 2.45) is 5.41 Å². The van der Waals surface area contributed by atoms with Crippen LogP contribution in [-0.2, 0) is 4.79 Å². The number of amides is 1. The third-order valence-corrected chi connectivity index (χ3v) is 4.24. The predicted molar refractivity (Wildman–Crippen MR) is 87.0 cm³/mol. The average molecular weight is 326 g/mol. The number of carbonyl (C=O) groups excluding carboxylic acids is 1. The monoisotopic (exact) mass is 326 g/mol. The van der Waals surface area contributed by atoms with E-state index in [4.69, 9.17) is 4.74 Å². The first kappa shape index (κ1) is 16.0. The van der Waals surface area contributed by atoms with E-state index >= 15 is 0 Å². The molecule has 24 heavy (non-hydrogen) atoms. The average Bonchev–Trinajstić information content (AvgIpc) is 2.99. The van der Waals surface area contributed by atoms with Gasteiger partial charge in [-0.3, -0.25) is 14.6 Å². The van der Waals surface area contributed by atoms with Gasteiger partial charge in [-0.05, 0) is 43.7 Å². The second kappa shape index (κ2) is 6.31. The van der Waals surface area contributed by atoms with Crippen molar-refractivity contribution in [3.05, 3.63) is 54.4 Å². The molecule has 124 valence electrons. The van der Waals surface area contributed by atoms with E-state index in [1.54, 1.807) is 60.6 Å². The van der Waals surface area contributed by atoms with Crippen molar-refractivity contribution in [1.29, 1.82) is 0 Å². The minimum Gasteiger partial charge on any atom is -0.481 e. The van der Waals surface area contributed by atoms with Crippen molar-refractivity contribution in [1.82, 2.24) is 9.88 Å². The van der Waals surface area contributed by atoms with Gasteiger partial charge in [-0.25, -0.2) is 0 Å². The van der Waals surface area contributed by atoms with Gasteiger partial charge in [0.05, 0.1) is 5.41 Å². The highest BCUT2D eigenvalue weighted by atomic mass is 16.5. The summed E-state index contributed by atoms with van der Waals surface area (Å²) in [5.41, 5.74) is -0.392. The van der Waals surface area contributed by atoms with Crippen molar-refractivity contribution in [3.8, 4) is 11.5 Å². The molecule has 1 aliphatic rings. The normalized spacial score (nSPS) is 20.0. The van der Waals surface area contributed by atoms with Gasteiger partial charge in [0.2, 0.25) is 0 Å². The zero-order valence-electron chi connectivity index (χ0n) is 13.3. The Balaban J connectivity index is 1.74. The van der Waals surface area contributed by atoms with Crippen LogP contribution in [0.5, 0.6) is 11.5 Å². The van der Waals surface area contributed by atoms with E-state index in [1.807, 2.05) is 0 Å². The molecule has 1 atom stereocenters. The van der Waals surface area contributed by atoms with Gasteiger partial charge in [-0.15, -0.1) is 0 Å². The van der Waals surface area contributed by atoms with Crippen LogP contribution in [0.1, 0.15) is 23.7 Å². The Morgan fingerprint density at radius 3 is 2.62 bits per heavy atom. The molecule has 0 radical (unpaired) electrons. The Morgan fingerprint density at radius 2 is 1.96 bits per heavy atom. The fourth-order valence-electron chi connectivity index (χ4n) is 2.73. The minimum absolute atomic E-state index is 0.180. The van der Waals surface area contributed by atoms with Crippen LogP contribution in [0.15, 0.2) is 48.8 Å². The summed E-state index contributed by atoms with van der Waals surface area (Å²) in [6.07, 6.45) is 3.71. The highest BCUT2D eigenvalue weighted by Crippen LogP contribution is 2.31. The summed E-state index contributed by atoms with van der Waals surface area (Å²) in [5.74, 6) is 0.134. The summed E-state index contributed by atoms with van der Waals surface area (Å²) in [6.45, 7) is 2.33. The molecule has 1 N–H and O–H groups in total. The van der Waals surface area contributed by atoms with Crippen LogP contribution in [0.3, 0.4) is 0 Å². The van der Waals surface area contributed by atoms with Crippen molar-refractivity contribution >= 4 is 11.9 Å². The van der Waals surface area contributed by atoms with Crippen molar-refractivity contribution in [2.45, 2.75) is 13.3 Å². The summed E-state index contributed by atoms with van der Waals surface area (Å²) in [6, 6.07) is 10.3. The number of carboxylic acid groups (broad SMARTS) is 1. The third-order valence-electron chi connectivity index (χ3n) is 4.24. The number of aromatic nitrogens is 1. The van der Waals surface area contributed by atoms with E-state index in [0.29, 0.717) is 30.0 Å². The molecule has 1 aromatic carbocycles. The zero-order valence-corrected chi connectivity index (χ0v) is 13.3. The number of carboxylic acids is 1. The highest BCUT2D eigenvalue weighted by molar-refractivity contribution is 5.95. The predicted octanol–water partition coefficient (Wildman–Crippen LogP) is 2.81. The number of aliphatic carboxylic acids is 1. The Labute approximate surface area is 139 Å². The molecule has 1 aromatic heterocycles. The second-order valence-corrected chi connectivity index (χ2v) is 6.16. The van der Waals surface area contributed by atoms with Crippen molar-refractivity contribution in [3.63, 3.8) is 0 Å². The van der Waals surface area contributed by atoms with Crippen LogP contribution in [-0.4, -0.2) is 40.0 Å². The molecule has 0 spiro atoms. The Bertz CT molecular complexity index is 763. The highest BCUT2D eigenvalue weighted by Gasteiger charge is 2.42. The summed E-state index contributed by atoms with van der Waals surface area (Å²) in [5, 5.41) is 9.29. The first-order chi connectivity index (χ1) is 11.5. The largest absolute Gasteiger partial charge is 0.481 e. The Kier molecular flexibility index (Phi) is 4.20.